The summed E-state index contributed by atoms with van der Waals surface area (Å²) in [5.41, 5.74) is 11.5. The van der Waals surface area contributed by atoms with Gasteiger partial charge in [0.15, 0.2) is 0 Å². The average Bonchev–Trinajstić information content (AvgIpc) is 3.35. The molecule has 7 heteroatoms. The smallest absolute Gasteiger partial charge is 0.274 e. The maximum atomic E-state index is 14.0. The van der Waals surface area contributed by atoms with Crippen molar-refractivity contribution in [1.29, 1.82) is 0 Å². The van der Waals surface area contributed by atoms with Gasteiger partial charge in [-0.2, -0.15) is 0 Å². The van der Waals surface area contributed by atoms with Gasteiger partial charge in [-0.15, -0.1) is 11.3 Å². The van der Waals surface area contributed by atoms with E-state index in [4.69, 9.17) is 15.7 Å². The van der Waals surface area contributed by atoms with Crippen LogP contribution >= 0.6 is 11.3 Å². The van der Waals surface area contributed by atoms with Crippen LogP contribution in [0, 0.1) is 26.7 Å². The van der Waals surface area contributed by atoms with E-state index in [2.05, 4.69) is 30.9 Å². The first-order valence-corrected chi connectivity index (χ1v) is 13.2. The van der Waals surface area contributed by atoms with Crippen LogP contribution in [0.5, 0.6) is 0 Å². The van der Waals surface area contributed by atoms with Crippen LogP contribution in [0.2, 0.25) is 0 Å². The van der Waals surface area contributed by atoms with Crippen LogP contribution in [0.25, 0.3) is 21.3 Å². The highest BCUT2D eigenvalue weighted by atomic mass is 32.1. The second-order valence-corrected chi connectivity index (χ2v) is 11.3. The molecule has 3 heterocycles. The number of pyridine rings is 1. The monoisotopic (exact) mass is 496 g/mol. The third-order valence-corrected chi connectivity index (χ3v) is 8.72. The number of hydrogen-bond acceptors (Lipinski definition) is 5. The van der Waals surface area contributed by atoms with Crippen LogP contribution in [0.1, 0.15) is 55.5 Å². The summed E-state index contributed by atoms with van der Waals surface area (Å²) in [6.07, 6.45) is 2.67. The molecule has 2 aromatic carbocycles. The summed E-state index contributed by atoms with van der Waals surface area (Å²) in [5.74, 6) is 0.0791. The molecule has 36 heavy (non-hydrogen) atoms. The van der Waals surface area contributed by atoms with Crippen molar-refractivity contribution in [2.75, 3.05) is 0 Å². The van der Waals surface area contributed by atoms with Crippen molar-refractivity contribution in [3.8, 4) is 10.4 Å². The number of carbonyl (C=O) groups excluding carboxylic acids is 2. The number of para-hydroxylation sites is 1. The zero-order valence-electron chi connectivity index (χ0n) is 20.6. The molecular formula is C29H28N4O2S. The van der Waals surface area contributed by atoms with Gasteiger partial charge in [0, 0.05) is 29.6 Å². The minimum atomic E-state index is -0.484. The van der Waals surface area contributed by atoms with Crippen LogP contribution in [-0.2, 0) is 6.42 Å². The lowest BCUT2D eigenvalue weighted by Gasteiger charge is -2.27. The Bertz CT molecular complexity index is 1540. The number of carbonyl (C=O) groups is 2. The first-order chi connectivity index (χ1) is 17.3. The third kappa shape index (κ3) is 3.78. The van der Waals surface area contributed by atoms with Crippen molar-refractivity contribution < 1.29 is 9.59 Å². The number of nitrogens with zero attached hydrogens (tertiary/aromatic N) is 3. The number of hydrogen-bond donors (Lipinski definition) is 1. The molecule has 0 spiro atoms. The highest BCUT2D eigenvalue weighted by molar-refractivity contribution is 7.15. The van der Waals surface area contributed by atoms with Crippen LogP contribution in [0.3, 0.4) is 0 Å². The van der Waals surface area contributed by atoms with E-state index in [1.807, 2.05) is 37.3 Å². The Balaban J connectivity index is 1.34. The summed E-state index contributed by atoms with van der Waals surface area (Å²) in [4.78, 5) is 38.5. The fraction of sp³-hybridized carbons (Fsp3) is 0.310. The van der Waals surface area contributed by atoms with Gasteiger partial charge in [0.25, 0.3) is 11.8 Å². The van der Waals surface area contributed by atoms with Gasteiger partial charge in [0.2, 0.25) is 0 Å². The van der Waals surface area contributed by atoms with Crippen LogP contribution in [0.15, 0.2) is 48.5 Å². The van der Waals surface area contributed by atoms with Crippen molar-refractivity contribution in [1.82, 2.24) is 14.9 Å². The van der Waals surface area contributed by atoms with E-state index in [9.17, 15) is 9.59 Å². The van der Waals surface area contributed by atoms with Gasteiger partial charge in [-0.3, -0.25) is 14.6 Å². The maximum absolute atomic E-state index is 14.0. The van der Waals surface area contributed by atoms with Gasteiger partial charge in [-0.25, -0.2) is 4.98 Å². The summed E-state index contributed by atoms with van der Waals surface area (Å²) in [6, 6.07) is 16.0. The fourth-order valence-corrected chi connectivity index (χ4v) is 6.67. The van der Waals surface area contributed by atoms with Gasteiger partial charge >= 0.3 is 0 Å². The number of benzene rings is 2. The standard InChI is InChI=1S/C29H28N4O2S/c1-15-6-4-8-22(16(15)2)27-26(31-17(3)36-27)29(35)33-21(12-19-13-24(19)33)14-20-11-10-18-7-5-9-23(28(30)34)25(18)32-20/h4-11,19,21,24H,12-14H2,1-3H3,(H2,30,34)/t19-,21+,24+/m1/s1. The molecule has 4 aromatic rings. The van der Waals surface area contributed by atoms with Gasteiger partial charge in [0.05, 0.1) is 21.0 Å². The summed E-state index contributed by atoms with van der Waals surface area (Å²) < 4.78 is 0. The molecule has 1 saturated heterocycles. The quantitative estimate of drug-likeness (QED) is 0.410. The number of amides is 2. The first kappa shape index (κ1) is 22.9. The zero-order valence-corrected chi connectivity index (χ0v) is 21.4. The molecular weight excluding hydrogens is 468 g/mol. The minimum absolute atomic E-state index is 0.0175. The lowest BCUT2D eigenvalue weighted by atomic mass is 10.0. The number of aromatic nitrogens is 2. The van der Waals surface area contributed by atoms with E-state index in [-0.39, 0.29) is 18.0 Å². The second-order valence-electron chi connectivity index (χ2n) is 10.1. The second kappa shape index (κ2) is 8.52. The van der Waals surface area contributed by atoms with E-state index < -0.39 is 5.91 Å². The Morgan fingerprint density at radius 2 is 1.83 bits per heavy atom. The molecule has 6 nitrogen and oxygen atoms in total. The minimum Gasteiger partial charge on any atom is -0.366 e. The van der Waals surface area contributed by atoms with Gasteiger partial charge in [0.1, 0.15) is 5.69 Å². The number of nitrogens with two attached hydrogens (primary N) is 1. The zero-order chi connectivity index (χ0) is 25.1. The largest absolute Gasteiger partial charge is 0.366 e. The molecule has 0 unspecified atom stereocenters. The molecule has 1 saturated carbocycles. The number of aryl methyl sites for hydroxylation is 2. The Morgan fingerprint density at radius 3 is 2.64 bits per heavy atom. The number of fused-ring (bicyclic) bond motifs is 2. The summed E-state index contributed by atoms with van der Waals surface area (Å²) in [7, 11) is 0. The van der Waals surface area contributed by atoms with E-state index in [1.165, 1.54) is 11.1 Å². The average molecular weight is 497 g/mol. The summed E-state index contributed by atoms with van der Waals surface area (Å²) in [5, 5.41) is 1.78. The van der Waals surface area contributed by atoms with Gasteiger partial charge in [-0.05, 0) is 68.4 Å². The molecule has 3 atom stereocenters. The molecule has 2 amide bonds. The molecule has 0 radical (unpaired) electrons. The Hall–Kier alpha value is -3.58. The number of rotatable bonds is 5. The SMILES string of the molecule is Cc1nc(C(=O)N2[C@H](Cc3ccc4cccc(C(N)=O)c4n3)C[C@@H]3C[C@@H]32)c(-c2cccc(C)c2C)s1. The number of piperidine rings is 1. The number of likely N-dealkylation sites (tertiary alicyclic amines) is 1. The highest BCUT2D eigenvalue weighted by Crippen LogP contribution is 2.49. The predicted octanol–water partition coefficient (Wildman–Crippen LogP) is 5.23. The molecule has 0 bridgehead atoms. The topological polar surface area (TPSA) is 89.2 Å². The summed E-state index contributed by atoms with van der Waals surface area (Å²) >= 11 is 1.59. The van der Waals surface area contributed by atoms with Crippen molar-refractivity contribution >= 4 is 34.1 Å². The van der Waals surface area contributed by atoms with Crippen LogP contribution in [0.4, 0.5) is 0 Å². The van der Waals surface area contributed by atoms with E-state index in [0.717, 1.165) is 39.4 Å². The molecule has 2 fully saturated rings. The van der Waals surface area contributed by atoms with Crippen molar-refractivity contribution in [3.63, 3.8) is 0 Å². The number of primary amides is 1. The van der Waals surface area contributed by atoms with E-state index in [1.54, 1.807) is 17.4 Å². The Labute approximate surface area is 214 Å². The molecule has 2 N–H and O–H groups in total. The molecule has 1 aliphatic heterocycles. The van der Waals surface area contributed by atoms with E-state index in [0.29, 0.717) is 29.1 Å². The lowest BCUT2D eigenvalue weighted by molar-refractivity contribution is 0.0694. The Kier molecular flexibility index (Phi) is 5.41. The molecule has 2 aliphatic rings. The van der Waals surface area contributed by atoms with Gasteiger partial charge < -0.3 is 10.6 Å². The van der Waals surface area contributed by atoms with E-state index >= 15 is 0 Å². The highest BCUT2D eigenvalue weighted by Gasteiger charge is 2.54. The molecule has 182 valence electrons. The molecule has 1 aliphatic carbocycles. The third-order valence-electron chi connectivity index (χ3n) is 7.72. The normalized spacial score (nSPS) is 20.5. The molecule has 6 rings (SSSR count). The van der Waals surface area contributed by atoms with Crippen LogP contribution in [-0.4, -0.2) is 38.8 Å². The van der Waals surface area contributed by atoms with Crippen LogP contribution < -0.4 is 5.73 Å². The Morgan fingerprint density at radius 1 is 1.03 bits per heavy atom. The first-order valence-electron chi connectivity index (χ1n) is 12.4. The van der Waals surface area contributed by atoms with Crippen molar-refractivity contribution in [2.45, 2.75) is 52.1 Å². The van der Waals surface area contributed by atoms with Crippen molar-refractivity contribution in [3.05, 3.63) is 81.6 Å². The summed E-state index contributed by atoms with van der Waals surface area (Å²) in [6.45, 7) is 6.17. The molecule has 2 aromatic heterocycles. The van der Waals surface area contributed by atoms with Crippen molar-refractivity contribution in [2.24, 2.45) is 11.7 Å². The lowest BCUT2D eigenvalue weighted by Crippen LogP contribution is -2.40. The maximum Gasteiger partial charge on any atom is 0.274 e. The number of thiazole rings is 1. The predicted molar refractivity (Wildman–Crippen MR) is 142 cm³/mol. The fourth-order valence-electron chi connectivity index (χ4n) is 5.67. The van der Waals surface area contributed by atoms with Gasteiger partial charge in [-0.1, -0.05) is 36.4 Å².